The highest BCUT2D eigenvalue weighted by Gasteiger charge is 2.36. The molecule has 0 unspecified atom stereocenters. The molecule has 41 heavy (non-hydrogen) atoms. The minimum absolute atomic E-state index is 0.0297. The first-order valence-corrected chi connectivity index (χ1v) is 14.0. The Morgan fingerprint density at radius 1 is 1.07 bits per heavy atom. The van der Waals surface area contributed by atoms with E-state index in [0.29, 0.717) is 61.9 Å². The van der Waals surface area contributed by atoms with E-state index < -0.39 is 18.0 Å². The van der Waals surface area contributed by atoms with Gasteiger partial charge in [0.25, 0.3) is 0 Å². The van der Waals surface area contributed by atoms with Crippen molar-refractivity contribution in [2.24, 2.45) is 17.6 Å². The fourth-order valence-corrected chi connectivity index (χ4v) is 6.17. The van der Waals surface area contributed by atoms with Gasteiger partial charge >= 0.3 is 6.36 Å². The number of alkyl halides is 5. The highest BCUT2D eigenvalue weighted by atomic mass is 35.5. The number of rotatable bonds is 7. The topological polar surface area (TPSA) is 108 Å². The summed E-state index contributed by atoms with van der Waals surface area (Å²) in [6.07, 6.45) is -0.222. The van der Waals surface area contributed by atoms with Crippen LogP contribution in [0.1, 0.15) is 63.2 Å². The molecule has 1 aromatic carbocycles. The quantitative estimate of drug-likeness (QED) is 0.267. The Labute approximate surface area is 241 Å². The van der Waals surface area contributed by atoms with Crippen molar-refractivity contribution in [1.82, 2.24) is 19.5 Å². The van der Waals surface area contributed by atoms with Crippen LogP contribution >= 0.6 is 23.2 Å². The zero-order valence-electron chi connectivity index (χ0n) is 21.7. The number of hydrogen-bond acceptors (Lipinski definition) is 6. The van der Waals surface area contributed by atoms with Gasteiger partial charge < -0.3 is 15.8 Å². The van der Waals surface area contributed by atoms with Crippen LogP contribution in [0.15, 0.2) is 18.3 Å². The van der Waals surface area contributed by atoms with Crippen molar-refractivity contribution < 1.29 is 31.5 Å². The van der Waals surface area contributed by atoms with Gasteiger partial charge in [0.05, 0.1) is 21.9 Å². The predicted octanol–water partition coefficient (Wildman–Crippen LogP) is 7.36. The van der Waals surface area contributed by atoms with Crippen LogP contribution in [-0.4, -0.2) is 37.7 Å². The number of anilines is 2. The minimum Gasteiger partial charge on any atom is -0.406 e. The number of nitrogens with zero attached hydrogens (tertiary/aromatic N) is 4. The summed E-state index contributed by atoms with van der Waals surface area (Å²) in [6.45, 7) is 0. The summed E-state index contributed by atoms with van der Waals surface area (Å²) in [5.41, 5.74) is 6.56. The summed E-state index contributed by atoms with van der Waals surface area (Å²) < 4.78 is 71.2. The summed E-state index contributed by atoms with van der Waals surface area (Å²) in [5.74, 6) is -3.02. The van der Waals surface area contributed by atoms with Crippen LogP contribution in [0.4, 0.5) is 33.6 Å². The summed E-state index contributed by atoms with van der Waals surface area (Å²) in [6, 6.07) is 1.82. The molecule has 2 heterocycles. The van der Waals surface area contributed by atoms with Gasteiger partial charge in [-0.1, -0.05) is 23.2 Å². The van der Waals surface area contributed by atoms with E-state index >= 15 is 0 Å². The smallest absolute Gasteiger partial charge is 0.406 e. The molecule has 0 aliphatic heterocycles. The lowest BCUT2D eigenvalue weighted by molar-refractivity contribution is -0.274. The number of primary amides is 1. The second-order valence-electron chi connectivity index (χ2n) is 10.6. The Morgan fingerprint density at radius 2 is 1.71 bits per heavy atom. The van der Waals surface area contributed by atoms with Gasteiger partial charge in [-0.15, -0.1) is 13.2 Å². The molecule has 3 N–H and O–H groups in total. The van der Waals surface area contributed by atoms with Gasteiger partial charge in [-0.3, -0.25) is 9.36 Å². The van der Waals surface area contributed by atoms with Crippen molar-refractivity contribution in [3.63, 3.8) is 0 Å². The van der Waals surface area contributed by atoms with E-state index in [9.17, 15) is 26.7 Å². The number of hydrogen-bond donors (Lipinski definition) is 2. The van der Waals surface area contributed by atoms with E-state index in [4.69, 9.17) is 33.9 Å². The summed E-state index contributed by atoms with van der Waals surface area (Å²) >= 11 is 12.6. The number of carbonyl (C=O) groups is 1. The van der Waals surface area contributed by atoms with Crippen molar-refractivity contribution in [2.45, 2.75) is 76.1 Å². The highest BCUT2D eigenvalue weighted by Crippen LogP contribution is 2.42. The maximum atomic E-state index is 13.6. The van der Waals surface area contributed by atoms with E-state index in [-0.39, 0.29) is 58.3 Å². The maximum absolute atomic E-state index is 13.6. The molecule has 1 amide bonds. The van der Waals surface area contributed by atoms with E-state index in [1.54, 1.807) is 6.20 Å². The van der Waals surface area contributed by atoms with Crippen LogP contribution < -0.4 is 15.8 Å². The Kier molecular flexibility index (Phi) is 8.21. The molecule has 0 spiro atoms. The minimum atomic E-state index is -4.92. The van der Waals surface area contributed by atoms with E-state index in [0.717, 1.165) is 12.1 Å². The molecule has 0 radical (unpaired) electrons. The normalized spacial score (nSPS) is 21.6. The molecule has 2 fully saturated rings. The SMILES string of the molecule is NC(=O)C1CCC(n2c(Nc3c(Cl)cc(OC(F)(F)F)cc3Cl)nc3cnc(CC4CCC(F)(F)CC4)nc32)CC1. The standard InChI is InChI=1S/C26H27Cl2F5N6O2/c27-17-10-16(41-26(31,32)33)11-18(28)21(17)38-24-36-19-12-35-20(9-13-5-7-25(29,30)8-6-13)37-23(19)39(24)15-3-1-14(2-4-15)22(34)40/h10-15H,1-9H2,(H2,34,40)(H,36,38). The third kappa shape index (κ3) is 6.94. The molecule has 3 aromatic rings. The number of amides is 1. The number of ether oxygens (including phenoxy) is 1. The van der Waals surface area contributed by atoms with Crippen molar-refractivity contribution in [3.05, 3.63) is 34.2 Å². The van der Waals surface area contributed by atoms with Gasteiger partial charge in [-0.2, -0.15) is 0 Å². The molecule has 2 aliphatic rings. The first-order chi connectivity index (χ1) is 19.3. The van der Waals surface area contributed by atoms with Gasteiger partial charge in [-0.25, -0.2) is 23.7 Å². The van der Waals surface area contributed by atoms with Crippen LogP contribution in [0.2, 0.25) is 10.0 Å². The Bertz CT molecular complexity index is 1410. The van der Waals surface area contributed by atoms with Gasteiger partial charge in [0.1, 0.15) is 17.1 Å². The lowest BCUT2D eigenvalue weighted by atomic mass is 9.84. The van der Waals surface area contributed by atoms with Gasteiger partial charge in [0.15, 0.2) is 5.65 Å². The molecule has 222 valence electrons. The molecule has 0 atom stereocenters. The predicted molar refractivity (Wildman–Crippen MR) is 143 cm³/mol. The second kappa shape index (κ2) is 11.4. The molecule has 2 aliphatic carbocycles. The molecule has 15 heteroatoms. The number of carbonyl (C=O) groups excluding carboxylic acids is 1. The third-order valence-corrected chi connectivity index (χ3v) is 8.34. The zero-order valence-corrected chi connectivity index (χ0v) is 23.2. The van der Waals surface area contributed by atoms with E-state index in [1.165, 1.54) is 0 Å². The molecular weight excluding hydrogens is 594 g/mol. The zero-order chi connectivity index (χ0) is 29.5. The van der Waals surface area contributed by atoms with Gasteiger partial charge in [0.2, 0.25) is 17.8 Å². The van der Waals surface area contributed by atoms with Crippen LogP contribution in [0.25, 0.3) is 11.2 Å². The first kappa shape index (κ1) is 29.6. The largest absolute Gasteiger partial charge is 0.573 e. The third-order valence-electron chi connectivity index (χ3n) is 7.74. The Balaban J connectivity index is 1.48. The van der Waals surface area contributed by atoms with Gasteiger partial charge in [-0.05, 0) is 44.4 Å². The lowest BCUT2D eigenvalue weighted by Crippen LogP contribution is -2.29. The van der Waals surface area contributed by atoms with Crippen LogP contribution in [0, 0.1) is 11.8 Å². The fraction of sp³-hybridized carbons (Fsp3) is 0.538. The highest BCUT2D eigenvalue weighted by molar-refractivity contribution is 6.39. The van der Waals surface area contributed by atoms with Crippen LogP contribution in [0.5, 0.6) is 5.75 Å². The van der Waals surface area contributed by atoms with E-state index in [2.05, 4.69) is 20.0 Å². The monoisotopic (exact) mass is 620 g/mol. The number of fused-ring (bicyclic) bond motifs is 1. The molecule has 2 saturated carbocycles. The van der Waals surface area contributed by atoms with Crippen molar-refractivity contribution in [3.8, 4) is 5.75 Å². The summed E-state index contributed by atoms with van der Waals surface area (Å²) in [4.78, 5) is 25.5. The molecule has 0 saturated heterocycles. The van der Waals surface area contributed by atoms with Crippen LogP contribution in [0.3, 0.4) is 0 Å². The van der Waals surface area contributed by atoms with E-state index in [1.807, 2.05) is 4.57 Å². The van der Waals surface area contributed by atoms with Crippen molar-refractivity contribution in [1.29, 1.82) is 0 Å². The molecule has 8 nitrogen and oxygen atoms in total. The Hall–Kier alpha value is -2.93. The number of halogens is 7. The number of aromatic nitrogens is 4. The fourth-order valence-electron chi connectivity index (χ4n) is 5.61. The molecule has 2 aromatic heterocycles. The lowest BCUT2D eigenvalue weighted by Gasteiger charge is -2.29. The summed E-state index contributed by atoms with van der Waals surface area (Å²) in [5, 5.41) is 2.78. The average Bonchev–Trinajstić information content (AvgIpc) is 3.24. The number of nitrogens with two attached hydrogens (primary N) is 1. The van der Waals surface area contributed by atoms with Crippen molar-refractivity contribution >= 4 is 51.9 Å². The molecule has 5 rings (SSSR count). The Morgan fingerprint density at radius 3 is 2.29 bits per heavy atom. The van der Waals surface area contributed by atoms with Crippen molar-refractivity contribution in [2.75, 3.05) is 5.32 Å². The number of benzene rings is 1. The number of nitrogens with one attached hydrogen (secondary N) is 1. The first-order valence-electron chi connectivity index (χ1n) is 13.2. The second-order valence-corrected chi connectivity index (χ2v) is 11.5. The number of imidazole rings is 1. The average molecular weight is 621 g/mol. The maximum Gasteiger partial charge on any atom is 0.573 e. The molecule has 0 bridgehead atoms. The van der Waals surface area contributed by atoms with Gasteiger partial charge in [0, 0.05) is 43.4 Å². The summed E-state index contributed by atoms with van der Waals surface area (Å²) in [7, 11) is 0. The molecular formula is C26H27Cl2F5N6O2. The van der Waals surface area contributed by atoms with Crippen LogP contribution in [-0.2, 0) is 11.2 Å².